The van der Waals surface area contributed by atoms with E-state index in [2.05, 4.69) is 83.3 Å². The van der Waals surface area contributed by atoms with Crippen LogP contribution in [0.3, 0.4) is 0 Å². The summed E-state index contributed by atoms with van der Waals surface area (Å²) in [5.74, 6) is 0. The molecular weight excluding hydrogens is 419 g/mol. The summed E-state index contributed by atoms with van der Waals surface area (Å²) in [6.07, 6.45) is 0. The van der Waals surface area contributed by atoms with Gasteiger partial charge in [-0.25, -0.2) is 0 Å². The second-order valence-electron chi connectivity index (χ2n) is 6.07. The molecule has 4 aromatic rings. The Hall–Kier alpha value is -2.53. The molecule has 0 aromatic heterocycles. The first-order chi connectivity index (χ1) is 12.1. The van der Waals surface area contributed by atoms with E-state index in [-0.39, 0.29) is 0 Å². The second-order valence-corrected chi connectivity index (χ2v) is 7.23. The van der Waals surface area contributed by atoms with E-state index in [0.29, 0.717) is 0 Å². The first-order valence-corrected chi connectivity index (χ1v) is 9.14. The fourth-order valence-electron chi connectivity index (χ4n) is 3.20. The number of rotatable bonds is 2. The minimum absolute atomic E-state index is 0.762. The molecule has 0 aliphatic rings. The van der Waals surface area contributed by atoms with Gasteiger partial charge in [0.1, 0.15) is 0 Å². The molecule has 0 atom stereocenters. The average molecular weight is 436 g/mol. The van der Waals surface area contributed by atoms with E-state index in [1.54, 1.807) is 0 Å². The molecule has 0 spiro atoms. The van der Waals surface area contributed by atoms with Crippen LogP contribution in [0.25, 0.3) is 33.0 Å². The van der Waals surface area contributed by atoms with Gasteiger partial charge in [0.25, 0.3) is 0 Å². The summed E-state index contributed by atoms with van der Waals surface area (Å²) in [4.78, 5) is 0. The van der Waals surface area contributed by atoms with Crippen LogP contribution in [0.1, 0.15) is 0 Å². The molecule has 0 aliphatic carbocycles. The molecule has 0 unspecified atom stereocenters. The summed E-state index contributed by atoms with van der Waals surface area (Å²) < 4.78 is 1.21. The van der Waals surface area contributed by atoms with Crippen molar-refractivity contribution in [3.63, 3.8) is 0 Å². The summed E-state index contributed by atoms with van der Waals surface area (Å²) in [6.45, 7) is 0. The van der Waals surface area contributed by atoms with E-state index in [4.69, 9.17) is 11.5 Å². The van der Waals surface area contributed by atoms with Gasteiger partial charge in [0.2, 0.25) is 0 Å². The Morgan fingerprint density at radius 3 is 2.16 bits per heavy atom. The maximum Gasteiger partial charge on any atom is 0.0320 e. The van der Waals surface area contributed by atoms with Gasteiger partial charge in [-0.2, -0.15) is 0 Å². The van der Waals surface area contributed by atoms with Gasteiger partial charge in [0, 0.05) is 20.5 Å². The van der Waals surface area contributed by atoms with Crippen molar-refractivity contribution >= 4 is 44.7 Å². The third-order valence-corrected chi connectivity index (χ3v) is 5.31. The van der Waals surface area contributed by atoms with E-state index in [9.17, 15) is 0 Å². The van der Waals surface area contributed by atoms with Gasteiger partial charge in [0.15, 0.2) is 0 Å². The van der Waals surface area contributed by atoms with Crippen LogP contribution in [0, 0.1) is 3.57 Å². The molecular formula is C22H17IN2. The molecule has 0 radical (unpaired) electrons. The van der Waals surface area contributed by atoms with Crippen molar-refractivity contribution < 1.29 is 0 Å². The fraction of sp³-hybridized carbons (Fsp3) is 0. The van der Waals surface area contributed by atoms with Gasteiger partial charge < -0.3 is 11.5 Å². The Kier molecular flexibility index (Phi) is 4.09. The number of nitrogens with two attached hydrogens (primary N) is 2. The standard InChI is InChI=1S/C22H17IN2/c23-21-12-7-14-3-1-2-4-19(14)22(21)20-13-17(25)10-11-18(20)15-5-8-16(24)9-6-15/h1-13H,24-25H2. The van der Waals surface area contributed by atoms with Crippen molar-refractivity contribution in [3.05, 3.63) is 82.4 Å². The number of fused-ring (bicyclic) bond motifs is 1. The van der Waals surface area contributed by atoms with E-state index < -0.39 is 0 Å². The molecule has 0 saturated carbocycles. The van der Waals surface area contributed by atoms with Crippen LogP contribution in [0.4, 0.5) is 11.4 Å². The van der Waals surface area contributed by atoms with Gasteiger partial charge in [-0.05, 0) is 80.4 Å². The molecule has 0 bridgehead atoms. The molecule has 0 aliphatic heterocycles. The molecule has 4 aromatic carbocycles. The van der Waals surface area contributed by atoms with Crippen LogP contribution in [0.15, 0.2) is 78.9 Å². The average Bonchev–Trinajstić information content (AvgIpc) is 2.62. The lowest BCUT2D eigenvalue weighted by Crippen LogP contribution is -1.93. The van der Waals surface area contributed by atoms with Crippen LogP contribution < -0.4 is 11.5 Å². The normalized spacial score (nSPS) is 10.9. The zero-order valence-electron chi connectivity index (χ0n) is 13.5. The zero-order chi connectivity index (χ0) is 17.4. The van der Waals surface area contributed by atoms with Crippen molar-refractivity contribution in [2.24, 2.45) is 0 Å². The van der Waals surface area contributed by atoms with E-state index in [0.717, 1.165) is 28.1 Å². The lowest BCUT2D eigenvalue weighted by molar-refractivity contribution is 1.58. The van der Waals surface area contributed by atoms with Crippen LogP contribution in [0.5, 0.6) is 0 Å². The molecule has 0 amide bonds. The lowest BCUT2D eigenvalue weighted by Gasteiger charge is -2.15. The van der Waals surface area contributed by atoms with Gasteiger partial charge in [-0.15, -0.1) is 0 Å². The number of benzene rings is 4. The third-order valence-electron chi connectivity index (χ3n) is 4.41. The maximum absolute atomic E-state index is 6.14. The Morgan fingerprint density at radius 2 is 1.36 bits per heavy atom. The molecule has 3 heteroatoms. The number of halogens is 1. The Labute approximate surface area is 160 Å². The second kappa shape index (κ2) is 6.41. The summed E-state index contributed by atoms with van der Waals surface area (Å²) in [6, 6.07) is 26.9. The minimum atomic E-state index is 0.762. The van der Waals surface area contributed by atoms with Gasteiger partial charge in [-0.3, -0.25) is 0 Å². The highest BCUT2D eigenvalue weighted by molar-refractivity contribution is 14.1. The fourth-order valence-corrected chi connectivity index (χ4v) is 3.96. The highest BCUT2D eigenvalue weighted by Gasteiger charge is 2.14. The minimum Gasteiger partial charge on any atom is -0.399 e. The molecule has 4 rings (SSSR count). The summed E-state index contributed by atoms with van der Waals surface area (Å²) in [5.41, 5.74) is 18.2. The predicted molar refractivity (Wildman–Crippen MR) is 116 cm³/mol. The lowest BCUT2D eigenvalue weighted by atomic mass is 9.91. The van der Waals surface area contributed by atoms with Gasteiger partial charge >= 0.3 is 0 Å². The number of hydrogen-bond donors (Lipinski definition) is 2. The Balaban J connectivity index is 2.05. The third kappa shape index (κ3) is 2.96. The number of hydrogen-bond acceptors (Lipinski definition) is 2. The predicted octanol–water partition coefficient (Wildman–Crippen LogP) is 5.94. The van der Waals surface area contributed by atoms with Gasteiger partial charge in [0.05, 0.1) is 0 Å². The summed E-state index contributed by atoms with van der Waals surface area (Å²) in [5, 5.41) is 2.46. The Bertz CT molecular complexity index is 1070. The first-order valence-electron chi connectivity index (χ1n) is 8.06. The molecule has 4 N–H and O–H groups in total. The molecule has 122 valence electrons. The molecule has 0 fully saturated rings. The van der Waals surface area contributed by atoms with Crippen LogP contribution >= 0.6 is 22.6 Å². The zero-order valence-corrected chi connectivity index (χ0v) is 15.7. The summed E-state index contributed by atoms with van der Waals surface area (Å²) in [7, 11) is 0. The van der Waals surface area contributed by atoms with Crippen LogP contribution in [-0.2, 0) is 0 Å². The maximum atomic E-state index is 6.14. The highest BCUT2D eigenvalue weighted by Crippen LogP contribution is 2.40. The molecule has 2 nitrogen and oxygen atoms in total. The van der Waals surface area contributed by atoms with Crippen LogP contribution in [0.2, 0.25) is 0 Å². The number of nitrogen functional groups attached to an aromatic ring is 2. The van der Waals surface area contributed by atoms with E-state index in [1.807, 2.05) is 18.2 Å². The molecule has 0 heterocycles. The quantitative estimate of drug-likeness (QED) is 0.302. The van der Waals surface area contributed by atoms with Crippen molar-refractivity contribution in [1.29, 1.82) is 0 Å². The smallest absolute Gasteiger partial charge is 0.0320 e. The van der Waals surface area contributed by atoms with Crippen LogP contribution in [-0.4, -0.2) is 0 Å². The van der Waals surface area contributed by atoms with Gasteiger partial charge in [-0.1, -0.05) is 48.5 Å². The monoisotopic (exact) mass is 436 g/mol. The van der Waals surface area contributed by atoms with Crippen molar-refractivity contribution in [2.75, 3.05) is 11.5 Å². The highest BCUT2D eigenvalue weighted by atomic mass is 127. The van der Waals surface area contributed by atoms with Crippen molar-refractivity contribution in [3.8, 4) is 22.3 Å². The Morgan fingerprint density at radius 1 is 0.640 bits per heavy atom. The molecule has 0 saturated heterocycles. The molecule has 25 heavy (non-hydrogen) atoms. The SMILES string of the molecule is Nc1ccc(-c2ccc(N)cc2-c2c(I)ccc3ccccc23)cc1. The van der Waals surface area contributed by atoms with E-state index >= 15 is 0 Å². The first kappa shape index (κ1) is 16.0. The van der Waals surface area contributed by atoms with Crippen molar-refractivity contribution in [2.45, 2.75) is 0 Å². The summed E-state index contributed by atoms with van der Waals surface area (Å²) >= 11 is 2.40. The topological polar surface area (TPSA) is 52.0 Å². The largest absolute Gasteiger partial charge is 0.399 e. The number of anilines is 2. The van der Waals surface area contributed by atoms with E-state index in [1.165, 1.54) is 19.9 Å². The van der Waals surface area contributed by atoms with Crippen molar-refractivity contribution in [1.82, 2.24) is 0 Å².